The molecular formula is C26H22ClN3O3S. The highest BCUT2D eigenvalue weighted by molar-refractivity contribution is 8.02. The van der Waals surface area contributed by atoms with E-state index in [-0.39, 0.29) is 30.0 Å². The first-order valence-corrected chi connectivity index (χ1v) is 12.3. The minimum atomic E-state index is -1.28. The summed E-state index contributed by atoms with van der Waals surface area (Å²) < 4.78 is 0. The van der Waals surface area contributed by atoms with E-state index in [0.29, 0.717) is 27.6 Å². The van der Waals surface area contributed by atoms with Crippen molar-refractivity contribution in [2.24, 2.45) is 0 Å². The molecule has 1 N–H and O–H groups in total. The first kappa shape index (κ1) is 22.5. The normalized spacial score (nSPS) is 19.1. The molecule has 5 rings (SSSR count). The van der Waals surface area contributed by atoms with E-state index in [1.807, 2.05) is 48.5 Å². The first-order chi connectivity index (χ1) is 16.4. The van der Waals surface area contributed by atoms with Gasteiger partial charge in [-0.1, -0.05) is 54.9 Å². The van der Waals surface area contributed by atoms with Crippen molar-refractivity contribution < 1.29 is 14.4 Å². The van der Waals surface area contributed by atoms with Gasteiger partial charge in [-0.05, 0) is 48.4 Å². The number of carbonyl (C=O) groups excluding carboxylic acids is 3. The number of amides is 3. The van der Waals surface area contributed by atoms with Gasteiger partial charge < -0.3 is 5.32 Å². The lowest BCUT2D eigenvalue weighted by atomic mass is 10.0. The second kappa shape index (κ2) is 8.81. The molecule has 1 atom stereocenters. The zero-order valence-electron chi connectivity index (χ0n) is 18.5. The zero-order valence-corrected chi connectivity index (χ0v) is 20.0. The summed E-state index contributed by atoms with van der Waals surface area (Å²) in [7, 11) is 0. The third kappa shape index (κ3) is 3.65. The molecule has 0 aromatic heterocycles. The van der Waals surface area contributed by atoms with Gasteiger partial charge in [-0.3, -0.25) is 24.2 Å². The lowest BCUT2D eigenvalue weighted by molar-refractivity contribution is -0.124. The van der Waals surface area contributed by atoms with Gasteiger partial charge in [0.15, 0.2) is 0 Å². The SMILES string of the molecule is CCc1ccc(NC(=O)CN2C(=O)[C@@]3(SCC(=O)N3c3cccc(Cl)c3)c3ccccc32)cc1. The maximum absolute atomic E-state index is 14.0. The van der Waals surface area contributed by atoms with E-state index in [1.165, 1.54) is 27.1 Å². The van der Waals surface area contributed by atoms with Gasteiger partial charge in [0.05, 0.1) is 11.4 Å². The fraction of sp³-hybridized carbons (Fsp3) is 0.192. The number of hydrogen-bond donors (Lipinski definition) is 1. The number of anilines is 3. The van der Waals surface area contributed by atoms with Crippen molar-refractivity contribution in [3.63, 3.8) is 0 Å². The van der Waals surface area contributed by atoms with Crippen molar-refractivity contribution in [1.82, 2.24) is 0 Å². The molecule has 0 aliphatic carbocycles. The van der Waals surface area contributed by atoms with Crippen LogP contribution in [-0.4, -0.2) is 30.0 Å². The second-order valence-corrected chi connectivity index (χ2v) is 9.75. The molecular weight excluding hydrogens is 470 g/mol. The van der Waals surface area contributed by atoms with Gasteiger partial charge in [-0.25, -0.2) is 0 Å². The molecule has 2 heterocycles. The van der Waals surface area contributed by atoms with Crippen LogP contribution in [0.3, 0.4) is 0 Å². The summed E-state index contributed by atoms with van der Waals surface area (Å²) in [5, 5.41) is 3.35. The highest BCUT2D eigenvalue weighted by Crippen LogP contribution is 2.55. The van der Waals surface area contributed by atoms with Crippen LogP contribution in [0.25, 0.3) is 0 Å². The summed E-state index contributed by atoms with van der Waals surface area (Å²) in [4.78, 5) is 41.6. The highest BCUT2D eigenvalue weighted by atomic mass is 35.5. The fourth-order valence-corrected chi connectivity index (χ4v) is 6.04. The molecule has 0 bridgehead atoms. The van der Waals surface area contributed by atoms with Crippen molar-refractivity contribution in [2.45, 2.75) is 18.2 Å². The quantitative estimate of drug-likeness (QED) is 0.555. The van der Waals surface area contributed by atoms with Gasteiger partial charge in [-0.15, -0.1) is 11.8 Å². The van der Waals surface area contributed by atoms with Crippen molar-refractivity contribution >= 4 is 58.1 Å². The number of nitrogens with one attached hydrogen (secondary N) is 1. The van der Waals surface area contributed by atoms with Crippen LogP contribution in [-0.2, 0) is 25.7 Å². The summed E-state index contributed by atoms with van der Waals surface area (Å²) in [6.07, 6.45) is 0.912. The lowest BCUT2D eigenvalue weighted by Gasteiger charge is -2.33. The molecule has 34 heavy (non-hydrogen) atoms. The molecule has 172 valence electrons. The number of carbonyl (C=O) groups is 3. The Morgan fingerprint density at radius 1 is 1.06 bits per heavy atom. The van der Waals surface area contributed by atoms with Gasteiger partial charge in [-0.2, -0.15) is 0 Å². The Bertz CT molecular complexity index is 1300. The average Bonchev–Trinajstić information content (AvgIpc) is 3.30. The lowest BCUT2D eigenvalue weighted by Crippen LogP contribution is -2.50. The van der Waals surface area contributed by atoms with Gasteiger partial charge in [0.25, 0.3) is 5.91 Å². The van der Waals surface area contributed by atoms with E-state index in [1.54, 1.807) is 24.3 Å². The van der Waals surface area contributed by atoms with E-state index in [0.717, 1.165) is 6.42 Å². The Kier molecular flexibility index (Phi) is 5.83. The van der Waals surface area contributed by atoms with Crippen LogP contribution < -0.4 is 15.1 Å². The Hall–Kier alpha value is -3.29. The van der Waals surface area contributed by atoms with Crippen LogP contribution in [0.15, 0.2) is 72.8 Å². The van der Waals surface area contributed by atoms with Crippen LogP contribution in [0.2, 0.25) is 5.02 Å². The second-order valence-electron chi connectivity index (χ2n) is 8.15. The number of para-hydroxylation sites is 1. The van der Waals surface area contributed by atoms with Gasteiger partial charge >= 0.3 is 0 Å². The number of thioether (sulfide) groups is 1. The zero-order chi connectivity index (χ0) is 23.9. The average molecular weight is 492 g/mol. The van der Waals surface area contributed by atoms with Crippen molar-refractivity contribution in [2.75, 3.05) is 27.4 Å². The molecule has 3 aromatic carbocycles. The van der Waals surface area contributed by atoms with Crippen molar-refractivity contribution in [3.8, 4) is 0 Å². The Balaban J connectivity index is 1.48. The summed E-state index contributed by atoms with van der Waals surface area (Å²) in [6, 6.07) is 21.9. The molecule has 1 saturated heterocycles. The van der Waals surface area contributed by atoms with E-state index in [2.05, 4.69) is 12.2 Å². The number of rotatable bonds is 5. The summed E-state index contributed by atoms with van der Waals surface area (Å²) in [6.45, 7) is 1.91. The molecule has 1 fully saturated rings. The maximum Gasteiger partial charge on any atom is 0.269 e. The summed E-state index contributed by atoms with van der Waals surface area (Å²) in [5.74, 6) is -0.664. The predicted molar refractivity (Wildman–Crippen MR) is 136 cm³/mol. The van der Waals surface area contributed by atoms with Crippen molar-refractivity contribution in [3.05, 3.63) is 88.9 Å². The Morgan fingerprint density at radius 3 is 2.56 bits per heavy atom. The van der Waals surface area contributed by atoms with E-state index < -0.39 is 4.87 Å². The summed E-state index contributed by atoms with van der Waals surface area (Å²) in [5.41, 5.74) is 3.71. The largest absolute Gasteiger partial charge is 0.325 e. The molecule has 2 aliphatic heterocycles. The number of benzene rings is 3. The molecule has 0 unspecified atom stereocenters. The smallest absolute Gasteiger partial charge is 0.269 e. The van der Waals surface area contributed by atoms with Gasteiger partial charge in [0, 0.05) is 22.0 Å². The minimum absolute atomic E-state index is 0.149. The maximum atomic E-state index is 14.0. The van der Waals surface area contributed by atoms with Gasteiger partial charge in [0.1, 0.15) is 6.54 Å². The molecule has 6 nitrogen and oxygen atoms in total. The summed E-state index contributed by atoms with van der Waals surface area (Å²) >= 11 is 7.47. The Labute approximate surface area is 206 Å². The molecule has 0 saturated carbocycles. The number of aryl methyl sites for hydroxylation is 1. The first-order valence-electron chi connectivity index (χ1n) is 11.0. The van der Waals surface area contributed by atoms with E-state index >= 15 is 0 Å². The van der Waals surface area contributed by atoms with Crippen LogP contribution in [0.5, 0.6) is 0 Å². The van der Waals surface area contributed by atoms with Gasteiger partial charge in [0.2, 0.25) is 16.7 Å². The Morgan fingerprint density at radius 2 is 1.82 bits per heavy atom. The third-order valence-corrected chi connectivity index (χ3v) is 7.70. The fourth-order valence-electron chi connectivity index (χ4n) is 4.50. The van der Waals surface area contributed by atoms with Crippen LogP contribution >= 0.6 is 23.4 Å². The predicted octanol–water partition coefficient (Wildman–Crippen LogP) is 4.82. The highest BCUT2D eigenvalue weighted by Gasteiger charge is 2.61. The molecule has 8 heteroatoms. The molecule has 2 aliphatic rings. The number of nitrogens with zero attached hydrogens (tertiary/aromatic N) is 2. The van der Waals surface area contributed by atoms with Crippen molar-refractivity contribution in [1.29, 1.82) is 0 Å². The van der Waals surface area contributed by atoms with Crippen LogP contribution in [0.1, 0.15) is 18.1 Å². The van der Waals surface area contributed by atoms with Crippen LogP contribution in [0.4, 0.5) is 17.1 Å². The number of halogens is 1. The minimum Gasteiger partial charge on any atom is -0.325 e. The topological polar surface area (TPSA) is 69.7 Å². The third-order valence-electron chi connectivity index (χ3n) is 6.08. The molecule has 3 amide bonds. The monoisotopic (exact) mass is 491 g/mol. The van der Waals surface area contributed by atoms with Crippen LogP contribution in [0, 0.1) is 0 Å². The van der Waals surface area contributed by atoms with E-state index in [9.17, 15) is 14.4 Å². The molecule has 3 aromatic rings. The molecule has 0 radical (unpaired) electrons. The standard InChI is InChI=1S/C26H22ClN3O3S/c1-2-17-10-12-19(13-11-17)28-23(31)15-29-22-9-4-3-8-21(22)26(25(29)33)30(24(32)16-34-26)20-7-5-6-18(27)14-20/h3-14H,2,15-16H2,1H3,(H,28,31)/t26-/m0/s1. The number of hydrogen-bond acceptors (Lipinski definition) is 4. The van der Waals surface area contributed by atoms with E-state index in [4.69, 9.17) is 11.6 Å². The molecule has 1 spiro atoms. The number of fused-ring (bicyclic) bond motifs is 2.